The summed E-state index contributed by atoms with van der Waals surface area (Å²) in [6.07, 6.45) is 0. The van der Waals surface area contributed by atoms with Crippen LogP contribution in [0.1, 0.15) is 11.6 Å². The third-order valence-corrected chi connectivity index (χ3v) is 1.96. The van der Waals surface area contributed by atoms with Gasteiger partial charge >= 0.3 is 12.0 Å². The van der Waals surface area contributed by atoms with E-state index in [4.69, 9.17) is 5.11 Å². The first-order valence-electron chi connectivity index (χ1n) is 4.13. The number of carboxylic acids is 1. The van der Waals surface area contributed by atoms with Gasteiger partial charge in [0.05, 0.1) is 0 Å². The van der Waals surface area contributed by atoms with E-state index in [-0.39, 0.29) is 0 Å². The first-order chi connectivity index (χ1) is 7.15. The highest BCUT2D eigenvalue weighted by molar-refractivity contribution is 7.78. The minimum Gasteiger partial charge on any atom is -0.479 e. The van der Waals surface area contributed by atoms with Crippen molar-refractivity contribution < 1.29 is 14.7 Å². The molecule has 0 heterocycles. The van der Waals surface area contributed by atoms with Gasteiger partial charge in [-0.3, -0.25) is 4.72 Å². The summed E-state index contributed by atoms with van der Waals surface area (Å²) in [5, 5.41) is 11.2. The van der Waals surface area contributed by atoms with Gasteiger partial charge in [0.2, 0.25) is 0 Å². The molecule has 1 atom stereocenters. The smallest absolute Gasteiger partial charge is 0.330 e. The number of amides is 2. The van der Waals surface area contributed by atoms with Gasteiger partial charge in [0.1, 0.15) is 0 Å². The molecule has 0 aromatic heterocycles. The molecule has 6 heteroatoms. The van der Waals surface area contributed by atoms with Crippen molar-refractivity contribution in [3.63, 3.8) is 0 Å². The lowest BCUT2D eigenvalue weighted by Gasteiger charge is -2.13. The first kappa shape index (κ1) is 11.4. The highest BCUT2D eigenvalue weighted by Gasteiger charge is 2.20. The largest absolute Gasteiger partial charge is 0.479 e. The maximum Gasteiger partial charge on any atom is 0.330 e. The summed E-state index contributed by atoms with van der Waals surface area (Å²) in [7, 11) is 0. The van der Waals surface area contributed by atoms with Gasteiger partial charge in [-0.1, -0.05) is 43.1 Å². The number of thiol groups is 1. The van der Waals surface area contributed by atoms with Crippen LogP contribution in [0, 0.1) is 0 Å². The van der Waals surface area contributed by atoms with Gasteiger partial charge in [0, 0.05) is 0 Å². The van der Waals surface area contributed by atoms with Gasteiger partial charge in [0.25, 0.3) is 0 Å². The Morgan fingerprint density at radius 1 is 1.27 bits per heavy atom. The number of hydrogen-bond donors (Lipinski definition) is 4. The predicted octanol–water partition coefficient (Wildman–Crippen LogP) is 0.956. The van der Waals surface area contributed by atoms with Crippen molar-refractivity contribution in [1.29, 1.82) is 0 Å². The zero-order chi connectivity index (χ0) is 11.3. The molecule has 1 aromatic rings. The van der Waals surface area contributed by atoms with Crippen LogP contribution >= 0.6 is 12.8 Å². The molecule has 0 unspecified atom stereocenters. The minimum atomic E-state index is -1.13. The Labute approximate surface area is 92.0 Å². The third kappa shape index (κ3) is 3.17. The second-order valence-electron chi connectivity index (χ2n) is 2.77. The highest BCUT2D eigenvalue weighted by atomic mass is 32.1. The average molecular weight is 226 g/mol. The molecule has 0 bridgehead atoms. The van der Waals surface area contributed by atoms with Gasteiger partial charge in [-0.15, -0.1) is 0 Å². The Morgan fingerprint density at radius 3 is 2.33 bits per heavy atom. The molecule has 0 spiro atoms. The monoisotopic (exact) mass is 226 g/mol. The zero-order valence-corrected chi connectivity index (χ0v) is 8.57. The van der Waals surface area contributed by atoms with Gasteiger partial charge in [-0.25, -0.2) is 9.59 Å². The lowest BCUT2D eigenvalue weighted by Crippen LogP contribution is -2.37. The van der Waals surface area contributed by atoms with Crippen molar-refractivity contribution in [1.82, 2.24) is 10.0 Å². The van der Waals surface area contributed by atoms with Crippen LogP contribution in [0.4, 0.5) is 4.79 Å². The Kier molecular flexibility index (Phi) is 3.99. The van der Waals surface area contributed by atoms with Gasteiger partial charge in [0.15, 0.2) is 6.04 Å². The molecule has 80 valence electrons. The maximum atomic E-state index is 10.9. The Bertz CT molecular complexity index is 356. The number of carboxylic acid groups (broad SMARTS) is 1. The number of carbonyl (C=O) groups excluding carboxylic acids is 1. The number of nitrogens with one attached hydrogen (secondary N) is 2. The molecule has 0 aliphatic rings. The van der Waals surface area contributed by atoms with Crippen molar-refractivity contribution in [3.8, 4) is 0 Å². The fraction of sp³-hybridized carbons (Fsp3) is 0.111. The number of urea groups is 1. The van der Waals surface area contributed by atoms with Gasteiger partial charge in [-0.05, 0) is 5.56 Å². The Balaban J connectivity index is 2.84. The van der Waals surface area contributed by atoms with E-state index in [0.717, 1.165) is 0 Å². The van der Waals surface area contributed by atoms with Crippen LogP contribution in [0.3, 0.4) is 0 Å². The first-order valence-corrected chi connectivity index (χ1v) is 4.58. The van der Waals surface area contributed by atoms with Crippen LogP contribution in [-0.2, 0) is 4.79 Å². The van der Waals surface area contributed by atoms with E-state index >= 15 is 0 Å². The zero-order valence-electron chi connectivity index (χ0n) is 7.68. The molecule has 0 aliphatic heterocycles. The molecular weight excluding hydrogens is 216 g/mol. The third-order valence-electron chi connectivity index (χ3n) is 1.76. The fourth-order valence-corrected chi connectivity index (χ4v) is 1.16. The molecule has 2 amide bonds. The summed E-state index contributed by atoms with van der Waals surface area (Å²) in [5.41, 5.74) is 0.502. The molecule has 5 nitrogen and oxygen atoms in total. The Morgan fingerprint density at radius 2 is 1.87 bits per heavy atom. The lowest BCUT2D eigenvalue weighted by molar-refractivity contribution is -0.139. The fourth-order valence-electron chi connectivity index (χ4n) is 1.10. The maximum absolute atomic E-state index is 10.9. The number of rotatable bonds is 3. The van der Waals surface area contributed by atoms with Crippen LogP contribution in [0.5, 0.6) is 0 Å². The summed E-state index contributed by atoms with van der Waals surface area (Å²) in [4.78, 5) is 21.8. The molecule has 0 saturated heterocycles. The molecule has 0 radical (unpaired) electrons. The molecule has 15 heavy (non-hydrogen) atoms. The van der Waals surface area contributed by atoms with Crippen LogP contribution in [-0.4, -0.2) is 17.1 Å². The SMILES string of the molecule is O=C(NS)N[C@@H](C(=O)O)c1ccccc1. The average Bonchev–Trinajstić information content (AvgIpc) is 2.26. The molecule has 0 saturated carbocycles. The van der Waals surface area contributed by atoms with E-state index in [1.54, 1.807) is 30.3 Å². The predicted molar refractivity (Wildman–Crippen MR) is 57.5 cm³/mol. The molecule has 1 aromatic carbocycles. The van der Waals surface area contributed by atoms with E-state index < -0.39 is 18.0 Å². The summed E-state index contributed by atoms with van der Waals surface area (Å²) in [5.74, 6) is -1.13. The summed E-state index contributed by atoms with van der Waals surface area (Å²) in [6, 6.07) is 6.68. The normalized spacial score (nSPS) is 11.5. The van der Waals surface area contributed by atoms with E-state index in [2.05, 4.69) is 18.1 Å². The molecule has 0 aliphatic carbocycles. The van der Waals surface area contributed by atoms with Crippen molar-refractivity contribution in [2.75, 3.05) is 0 Å². The van der Waals surface area contributed by atoms with E-state index in [0.29, 0.717) is 5.56 Å². The topological polar surface area (TPSA) is 78.4 Å². The molecule has 3 N–H and O–H groups in total. The van der Waals surface area contributed by atoms with E-state index in [1.165, 1.54) is 0 Å². The van der Waals surface area contributed by atoms with Crippen molar-refractivity contribution >= 4 is 24.8 Å². The summed E-state index contributed by atoms with van der Waals surface area (Å²) < 4.78 is 2.00. The standard InChI is InChI=1S/C9H10N2O3S/c12-8(13)7(10-9(14)11-15)6-4-2-1-3-5-6/h1-5,7,15H,(H,12,13)(H2,10,11,14)/t7-/m1/s1. The van der Waals surface area contributed by atoms with Crippen molar-refractivity contribution in [2.45, 2.75) is 6.04 Å². The molecule has 0 fully saturated rings. The van der Waals surface area contributed by atoms with Crippen molar-refractivity contribution in [3.05, 3.63) is 35.9 Å². The summed E-state index contributed by atoms with van der Waals surface area (Å²) >= 11 is 3.52. The number of hydrogen-bond acceptors (Lipinski definition) is 3. The molecular formula is C9H10N2O3S. The van der Waals surface area contributed by atoms with Crippen LogP contribution < -0.4 is 10.0 Å². The minimum absolute atomic E-state index is 0.502. The Hall–Kier alpha value is -1.69. The number of aliphatic carboxylic acids is 1. The highest BCUT2D eigenvalue weighted by Crippen LogP contribution is 2.12. The molecule has 1 rings (SSSR count). The van der Waals surface area contributed by atoms with Gasteiger partial charge in [-0.2, -0.15) is 0 Å². The lowest BCUT2D eigenvalue weighted by atomic mass is 10.1. The van der Waals surface area contributed by atoms with Crippen molar-refractivity contribution in [2.24, 2.45) is 0 Å². The second-order valence-corrected chi connectivity index (χ2v) is 2.99. The van der Waals surface area contributed by atoms with E-state index in [1.807, 2.05) is 4.72 Å². The number of carbonyl (C=O) groups is 2. The van der Waals surface area contributed by atoms with Crippen LogP contribution in [0.25, 0.3) is 0 Å². The summed E-state index contributed by atoms with van der Waals surface area (Å²) in [6.45, 7) is 0. The quantitative estimate of drug-likeness (QED) is 0.580. The second kappa shape index (κ2) is 5.26. The van der Waals surface area contributed by atoms with Crippen LogP contribution in [0.2, 0.25) is 0 Å². The van der Waals surface area contributed by atoms with Gasteiger partial charge < -0.3 is 10.4 Å². The van der Waals surface area contributed by atoms with E-state index in [9.17, 15) is 9.59 Å². The van der Waals surface area contributed by atoms with Crippen LogP contribution in [0.15, 0.2) is 30.3 Å². The number of benzene rings is 1.